The van der Waals surface area contributed by atoms with Crippen LogP contribution in [0.5, 0.6) is 11.5 Å². The van der Waals surface area contributed by atoms with Crippen LogP contribution < -0.4 is 4.74 Å². The highest BCUT2D eigenvalue weighted by Crippen LogP contribution is 2.22. The van der Waals surface area contributed by atoms with Gasteiger partial charge in [-0.15, -0.1) is 0 Å². The lowest BCUT2D eigenvalue weighted by atomic mass is 10.1. The minimum atomic E-state index is -0.281. The molecule has 0 radical (unpaired) electrons. The standard InChI is InChI=1S/C16H18O2/c1-2-14(17)11-13-7-6-10-16(12-13)18-15-8-4-3-5-9-15/h3-10,12,14,17H,2,11H2,1H3. The van der Waals surface area contributed by atoms with Crippen molar-refractivity contribution in [1.29, 1.82) is 0 Å². The number of rotatable bonds is 5. The SMILES string of the molecule is CCC(O)Cc1cccc(Oc2ccccc2)c1. The molecule has 0 aliphatic carbocycles. The van der Waals surface area contributed by atoms with Gasteiger partial charge in [0, 0.05) is 0 Å². The Morgan fingerprint density at radius 2 is 1.72 bits per heavy atom. The van der Waals surface area contributed by atoms with Gasteiger partial charge in [0.15, 0.2) is 0 Å². The number of para-hydroxylation sites is 1. The molecule has 0 amide bonds. The van der Waals surface area contributed by atoms with Crippen LogP contribution >= 0.6 is 0 Å². The molecule has 2 heteroatoms. The number of aliphatic hydroxyl groups is 1. The molecule has 1 N–H and O–H groups in total. The van der Waals surface area contributed by atoms with E-state index in [-0.39, 0.29) is 6.10 Å². The van der Waals surface area contributed by atoms with E-state index in [9.17, 15) is 5.11 Å². The molecule has 0 aliphatic rings. The topological polar surface area (TPSA) is 29.5 Å². The van der Waals surface area contributed by atoms with Crippen molar-refractivity contribution in [3.63, 3.8) is 0 Å². The highest BCUT2D eigenvalue weighted by Gasteiger charge is 2.04. The molecule has 0 bridgehead atoms. The first-order chi connectivity index (χ1) is 8.78. The molecule has 0 spiro atoms. The lowest BCUT2D eigenvalue weighted by Crippen LogP contribution is -2.08. The molecular formula is C16H18O2. The Morgan fingerprint density at radius 1 is 1.00 bits per heavy atom. The molecule has 2 aromatic rings. The Kier molecular flexibility index (Phi) is 4.37. The van der Waals surface area contributed by atoms with Gasteiger partial charge in [0.25, 0.3) is 0 Å². The van der Waals surface area contributed by atoms with Gasteiger partial charge in [-0.1, -0.05) is 37.3 Å². The lowest BCUT2D eigenvalue weighted by Gasteiger charge is -2.10. The second-order valence-corrected chi connectivity index (χ2v) is 4.33. The van der Waals surface area contributed by atoms with E-state index in [0.29, 0.717) is 6.42 Å². The second kappa shape index (κ2) is 6.22. The summed E-state index contributed by atoms with van der Waals surface area (Å²) < 4.78 is 5.75. The van der Waals surface area contributed by atoms with E-state index in [1.54, 1.807) is 0 Å². The zero-order chi connectivity index (χ0) is 12.8. The Bertz CT molecular complexity index is 479. The monoisotopic (exact) mass is 242 g/mol. The van der Waals surface area contributed by atoms with Crippen molar-refractivity contribution < 1.29 is 9.84 Å². The zero-order valence-corrected chi connectivity index (χ0v) is 10.5. The number of hydrogen-bond acceptors (Lipinski definition) is 2. The normalized spacial score (nSPS) is 12.1. The van der Waals surface area contributed by atoms with Crippen molar-refractivity contribution in [3.8, 4) is 11.5 Å². The Morgan fingerprint density at radius 3 is 2.44 bits per heavy atom. The molecule has 0 saturated heterocycles. The molecule has 0 aliphatic heterocycles. The molecule has 0 heterocycles. The fourth-order valence-electron chi connectivity index (χ4n) is 1.78. The molecule has 1 unspecified atom stereocenters. The number of aliphatic hydroxyl groups excluding tert-OH is 1. The van der Waals surface area contributed by atoms with Crippen molar-refractivity contribution >= 4 is 0 Å². The molecule has 0 fully saturated rings. The summed E-state index contributed by atoms with van der Waals surface area (Å²) >= 11 is 0. The molecule has 18 heavy (non-hydrogen) atoms. The summed E-state index contributed by atoms with van der Waals surface area (Å²) in [4.78, 5) is 0. The molecule has 2 nitrogen and oxygen atoms in total. The summed E-state index contributed by atoms with van der Waals surface area (Å²) in [5.74, 6) is 1.63. The molecule has 2 aromatic carbocycles. The molecule has 0 aromatic heterocycles. The van der Waals surface area contributed by atoms with Gasteiger partial charge in [-0.3, -0.25) is 0 Å². The van der Waals surface area contributed by atoms with E-state index < -0.39 is 0 Å². The highest BCUT2D eigenvalue weighted by molar-refractivity contribution is 5.34. The van der Waals surface area contributed by atoms with Crippen LogP contribution in [-0.4, -0.2) is 11.2 Å². The maximum atomic E-state index is 9.65. The van der Waals surface area contributed by atoms with Crippen LogP contribution in [-0.2, 0) is 6.42 Å². The lowest BCUT2D eigenvalue weighted by molar-refractivity contribution is 0.171. The minimum absolute atomic E-state index is 0.281. The van der Waals surface area contributed by atoms with Crippen LogP contribution in [0.1, 0.15) is 18.9 Å². The van der Waals surface area contributed by atoms with Crippen molar-refractivity contribution in [1.82, 2.24) is 0 Å². The minimum Gasteiger partial charge on any atom is -0.457 e. The number of benzene rings is 2. The zero-order valence-electron chi connectivity index (χ0n) is 10.5. The van der Waals surface area contributed by atoms with E-state index in [0.717, 1.165) is 23.5 Å². The predicted molar refractivity (Wildman–Crippen MR) is 73.0 cm³/mol. The fourth-order valence-corrected chi connectivity index (χ4v) is 1.78. The van der Waals surface area contributed by atoms with Gasteiger partial charge in [0.1, 0.15) is 11.5 Å². The first-order valence-electron chi connectivity index (χ1n) is 6.28. The van der Waals surface area contributed by atoms with Gasteiger partial charge < -0.3 is 9.84 Å². The summed E-state index contributed by atoms with van der Waals surface area (Å²) in [6.07, 6.45) is 1.16. The Balaban J connectivity index is 2.08. The van der Waals surface area contributed by atoms with Crippen molar-refractivity contribution in [3.05, 3.63) is 60.2 Å². The Labute approximate surface area is 108 Å². The quantitative estimate of drug-likeness (QED) is 0.864. The van der Waals surface area contributed by atoms with Gasteiger partial charge in [0.2, 0.25) is 0 Å². The van der Waals surface area contributed by atoms with Crippen LogP contribution in [0.4, 0.5) is 0 Å². The summed E-state index contributed by atoms with van der Waals surface area (Å²) in [6, 6.07) is 17.6. The molecular weight excluding hydrogens is 224 g/mol. The number of hydrogen-bond donors (Lipinski definition) is 1. The Hall–Kier alpha value is -1.80. The maximum Gasteiger partial charge on any atom is 0.127 e. The van der Waals surface area contributed by atoms with E-state index in [2.05, 4.69) is 0 Å². The number of ether oxygens (including phenoxy) is 1. The summed E-state index contributed by atoms with van der Waals surface area (Å²) in [5.41, 5.74) is 1.10. The van der Waals surface area contributed by atoms with E-state index in [4.69, 9.17) is 4.74 Å². The molecule has 2 rings (SSSR count). The first-order valence-corrected chi connectivity index (χ1v) is 6.28. The van der Waals surface area contributed by atoms with Gasteiger partial charge >= 0.3 is 0 Å². The van der Waals surface area contributed by atoms with E-state index in [1.165, 1.54) is 0 Å². The highest BCUT2D eigenvalue weighted by atomic mass is 16.5. The smallest absolute Gasteiger partial charge is 0.127 e. The molecule has 0 saturated carbocycles. The van der Waals surface area contributed by atoms with Gasteiger partial charge in [-0.05, 0) is 42.7 Å². The van der Waals surface area contributed by atoms with Crippen LogP contribution in [0.25, 0.3) is 0 Å². The van der Waals surface area contributed by atoms with Crippen molar-refractivity contribution in [2.45, 2.75) is 25.9 Å². The second-order valence-electron chi connectivity index (χ2n) is 4.33. The fraction of sp³-hybridized carbons (Fsp3) is 0.250. The predicted octanol–water partition coefficient (Wildman–Crippen LogP) is 3.79. The summed E-state index contributed by atoms with van der Waals surface area (Å²) in [6.45, 7) is 1.98. The third kappa shape index (κ3) is 3.60. The first kappa shape index (κ1) is 12.7. The van der Waals surface area contributed by atoms with Crippen LogP contribution in [0.3, 0.4) is 0 Å². The maximum absolute atomic E-state index is 9.65. The van der Waals surface area contributed by atoms with Crippen molar-refractivity contribution in [2.75, 3.05) is 0 Å². The van der Waals surface area contributed by atoms with E-state index in [1.807, 2.05) is 61.5 Å². The third-order valence-electron chi connectivity index (χ3n) is 2.82. The van der Waals surface area contributed by atoms with Crippen LogP contribution in [0, 0.1) is 0 Å². The van der Waals surface area contributed by atoms with Crippen molar-refractivity contribution in [2.24, 2.45) is 0 Å². The average Bonchev–Trinajstić information content (AvgIpc) is 2.40. The van der Waals surface area contributed by atoms with Gasteiger partial charge in [-0.25, -0.2) is 0 Å². The van der Waals surface area contributed by atoms with Gasteiger partial charge in [0.05, 0.1) is 6.10 Å². The average molecular weight is 242 g/mol. The third-order valence-corrected chi connectivity index (χ3v) is 2.82. The summed E-state index contributed by atoms with van der Waals surface area (Å²) in [7, 11) is 0. The largest absolute Gasteiger partial charge is 0.457 e. The van der Waals surface area contributed by atoms with E-state index >= 15 is 0 Å². The van der Waals surface area contributed by atoms with Crippen LogP contribution in [0.15, 0.2) is 54.6 Å². The molecule has 94 valence electrons. The van der Waals surface area contributed by atoms with Gasteiger partial charge in [-0.2, -0.15) is 0 Å². The van der Waals surface area contributed by atoms with Crippen LogP contribution in [0.2, 0.25) is 0 Å². The molecule has 1 atom stereocenters. The summed E-state index contributed by atoms with van der Waals surface area (Å²) in [5, 5.41) is 9.65.